The number of rotatable bonds is 5. The molecular weight excluding hydrogens is 226 g/mol. The monoisotopic (exact) mass is 247 g/mol. The SMILES string of the molecule is CC(C)C(O)c1ccn(CCc2ccnn2C)c1. The second-order valence-corrected chi connectivity index (χ2v) is 5.07. The van der Waals surface area contributed by atoms with E-state index in [0.29, 0.717) is 0 Å². The maximum absolute atomic E-state index is 9.98. The van der Waals surface area contributed by atoms with Crippen molar-refractivity contribution in [2.75, 3.05) is 0 Å². The van der Waals surface area contributed by atoms with Gasteiger partial charge in [0.2, 0.25) is 0 Å². The van der Waals surface area contributed by atoms with Gasteiger partial charge in [0.1, 0.15) is 0 Å². The molecule has 0 saturated carbocycles. The van der Waals surface area contributed by atoms with E-state index in [0.717, 1.165) is 18.5 Å². The third-order valence-corrected chi connectivity index (χ3v) is 3.29. The molecule has 0 radical (unpaired) electrons. The summed E-state index contributed by atoms with van der Waals surface area (Å²) < 4.78 is 4.02. The summed E-state index contributed by atoms with van der Waals surface area (Å²) in [5.74, 6) is 0.248. The van der Waals surface area contributed by atoms with E-state index < -0.39 is 0 Å². The highest BCUT2D eigenvalue weighted by Gasteiger charge is 2.12. The molecule has 0 aliphatic heterocycles. The summed E-state index contributed by atoms with van der Waals surface area (Å²) in [6.45, 7) is 4.96. The number of aryl methyl sites for hydroxylation is 3. The van der Waals surface area contributed by atoms with E-state index in [1.807, 2.05) is 56.3 Å². The Kier molecular flexibility index (Phi) is 3.87. The Morgan fingerprint density at radius 3 is 2.72 bits per heavy atom. The predicted octanol–water partition coefficient (Wildman–Crippen LogP) is 2.15. The highest BCUT2D eigenvalue weighted by Crippen LogP contribution is 2.21. The van der Waals surface area contributed by atoms with Gasteiger partial charge in [0.25, 0.3) is 0 Å². The molecule has 1 unspecified atom stereocenters. The van der Waals surface area contributed by atoms with Crippen LogP contribution in [0.1, 0.15) is 31.2 Å². The van der Waals surface area contributed by atoms with Crippen molar-refractivity contribution in [2.24, 2.45) is 13.0 Å². The summed E-state index contributed by atoms with van der Waals surface area (Å²) in [5.41, 5.74) is 2.21. The average molecular weight is 247 g/mol. The molecule has 4 heteroatoms. The van der Waals surface area contributed by atoms with Crippen molar-refractivity contribution in [3.05, 3.63) is 42.0 Å². The molecule has 0 aliphatic carbocycles. The van der Waals surface area contributed by atoms with Crippen molar-refractivity contribution >= 4 is 0 Å². The maximum atomic E-state index is 9.98. The van der Waals surface area contributed by atoms with Gasteiger partial charge in [0, 0.05) is 44.3 Å². The van der Waals surface area contributed by atoms with E-state index in [1.165, 1.54) is 5.69 Å². The maximum Gasteiger partial charge on any atom is 0.0827 e. The standard InChI is InChI=1S/C14H21N3O/c1-11(2)14(18)12-5-8-17(10-12)9-6-13-4-7-15-16(13)3/h4-5,7-8,10-11,14,18H,6,9H2,1-3H3. The van der Waals surface area contributed by atoms with E-state index in [-0.39, 0.29) is 12.0 Å². The van der Waals surface area contributed by atoms with Crippen LogP contribution in [0.3, 0.4) is 0 Å². The molecule has 2 rings (SSSR count). The summed E-state index contributed by atoms with van der Waals surface area (Å²) in [7, 11) is 1.96. The first-order valence-corrected chi connectivity index (χ1v) is 6.38. The van der Waals surface area contributed by atoms with E-state index >= 15 is 0 Å². The summed E-state index contributed by atoms with van der Waals surface area (Å²) in [6, 6.07) is 4.03. The van der Waals surface area contributed by atoms with E-state index in [9.17, 15) is 5.11 Å². The fourth-order valence-electron chi connectivity index (χ4n) is 2.05. The number of hydrogen-bond donors (Lipinski definition) is 1. The van der Waals surface area contributed by atoms with Gasteiger partial charge in [0.15, 0.2) is 0 Å². The zero-order chi connectivity index (χ0) is 13.1. The van der Waals surface area contributed by atoms with Crippen LogP contribution in [-0.4, -0.2) is 19.5 Å². The smallest absolute Gasteiger partial charge is 0.0827 e. The lowest BCUT2D eigenvalue weighted by atomic mass is 10.0. The van der Waals surface area contributed by atoms with Gasteiger partial charge < -0.3 is 9.67 Å². The minimum absolute atomic E-state index is 0.248. The number of aromatic nitrogens is 3. The van der Waals surface area contributed by atoms with Crippen LogP contribution in [0.4, 0.5) is 0 Å². The van der Waals surface area contributed by atoms with Crippen LogP contribution < -0.4 is 0 Å². The van der Waals surface area contributed by atoms with Crippen LogP contribution in [0.2, 0.25) is 0 Å². The van der Waals surface area contributed by atoms with Crippen LogP contribution in [0.15, 0.2) is 30.7 Å². The van der Waals surface area contributed by atoms with Crippen molar-refractivity contribution in [2.45, 2.75) is 32.9 Å². The van der Waals surface area contributed by atoms with Crippen molar-refractivity contribution in [3.8, 4) is 0 Å². The molecule has 1 atom stereocenters. The molecule has 0 aromatic carbocycles. The lowest BCUT2D eigenvalue weighted by Gasteiger charge is -2.12. The Labute approximate surface area is 108 Å². The van der Waals surface area contributed by atoms with Gasteiger partial charge in [-0.15, -0.1) is 0 Å². The second kappa shape index (κ2) is 5.40. The summed E-state index contributed by atoms with van der Waals surface area (Å²) in [5, 5.41) is 14.1. The third-order valence-electron chi connectivity index (χ3n) is 3.29. The van der Waals surface area contributed by atoms with Gasteiger partial charge in [-0.1, -0.05) is 13.8 Å². The number of nitrogens with zero attached hydrogens (tertiary/aromatic N) is 3. The second-order valence-electron chi connectivity index (χ2n) is 5.07. The lowest BCUT2D eigenvalue weighted by molar-refractivity contribution is 0.127. The first kappa shape index (κ1) is 12.9. The first-order valence-electron chi connectivity index (χ1n) is 6.38. The van der Waals surface area contributed by atoms with Crippen LogP contribution in [0, 0.1) is 5.92 Å². The van der Waals surface area contributed by atoms with Crippen molar-refractivity contribution in [3.63, 3.8) is 0 Å². The number of hydrogen-bond acceptors (Lipinski definition) is 2. The van der Waals surface area contributed by atoms with Crippen LogP contribution >= 0.6 is 0 Å². The van der Waals surface area contributed by atoms with Crippen molar-refractivity contribution in [1.82, 2.24) is 14.3 Å². The fraction of sp³-hybridized carbons (Fsp3) is 0.500. The van der Waals surface area contributed by atoms with E-state index in [2.05, 4.69) is 9.67 Å². The molecule has 2 aromatic rings. The molecule has 0 amide bonds. The first-order chi connectivity index (χ1) is 8.58. The van der Waals surface area contributed by atoms with Gasteiger partial charge in [-0.2, -0.15) is 5.10 Å². The minimum atomic E-state index is -0.372. The van der Waals surface area contributed by atoms with Crippen LogP contribution in [0.25, 0.3) is 0 Å². The lowest BCUT2D eigenvalue weighted by Crippen LogP contribution is -2.06. The minimum Gasteiger partial charge on any atom is -0.388 e. The molecule has 0 bridgehead atoms. The highest BCUT2D eigenvalue weighted by atomic mass is 16.3. The molecule has 1 N–H and O–H groups in total. The molecule has 98 valence electrons. The quantitative estimate of drug-likeness (QED) is 0.879. The number of aliphatic hydroxyl groups is 1. The molecule has 2 heterocycles. The summed E-state index contributed by atoms with van der Waals surface area (Å²) >= 11 is 0. The van der Waals surface area contributed by atoms with Crippen LogP contribution in [-0.2, 0) is 20.0 Å². The van der Waals surface area contributed by atoms with Crippen molar-refractivity contribution < 1.29 is 5.11 Å². The van der Waals surface area contributed by atoms with E-state index in [4.69, 9.17) is 0 Å². The summed E-state index contributed by atoms with van der Waals surface area (Å²) in [4.78, 5) is 0. The fourth-order valence-corrected chi connectivity index (χ4v) is 2.05. The Hall–Kier alpha value is -1.55. The molecule has 0 saturated heterocycles. The topological polar surface area (TPSA) is 43.0 Å². The highest BCUT2D eigenvalue weighted by molar-refractivity contribution is 5.14. The molecule has 0 fully saturated rings. The summed E-state index contributed by atoms with van der Waals surface area (Å²) in [6.07, 6.45) is 6.45. The molecule has 0 aliphatic rings. The molecular formula is C14H21N3O. The van der Waals surface area contributed by atoms with Crippen molar-refractivity contribution in [1.29, 1.82) is 0 Å². The van der Waals surface area contributed by atoms with Gasteiger partial charge >= 0.3 is 0 Å². The normalized spacial score (nSPS) is 13.2. The zero-order valence-corrected chi connectivity index (χ0v) is 11.2. The number of aliphatic hydroxyl groups excluding tert-OH is 1. The Balaban J connectivity index is 1.97. The molecule has 18 heavy (non-hydrogen) atoms. The molecule has 2 aromatic heterocycles. The Morgan fingerprint density at radius 2 is 2.11 bits per heavy atom. The Bertz CT molecular complexity index is 499. The predicted molar refractivity (Wildman–Crippen MR) is 71.1 cm³/mol. The third kappa shape index (κ3) is 2.82. The van der Waals surface area contributed by atoms with Crippen LogP contribution in [0.5, 0.6) is 0 Å². The zero-order valence-electron chi connectivity index (χ0n) is 11.2. The van der Waals surface area contributed by atoms with Gasteiger partial charge in [0.05, 0.1) is 6.10 Å². The molecule has 0 spiro atoms. The Morgan fingerprint density at radius 1 is 1.33 bits per heavy atom. The van der Waals surface area contributed by atoms with E-state index in [1.54, 1.807) is 0 Å². The largest absolute Gasteiger partial charge is 0.388 e. The van der Waals surface area contributed by atoms with Gasteiger partial charge in [-0.25, -0.2) is 0 Å². The average Bonchev–Trinajstić information content (AvgIpc) is 2.94. The van der Waals surface area contributed by atoms with Gasteiger partial charge in [-0.05, 0) is 23.6 Å². The van der Waals surface area contributed by atoms with Gasteiger partial charge in [-0.3, -0.25) is 4.68 Å². The molecule has 4 nitrogen and oxygen atoms in total.